The van der Waals surface area contributed by atoms with E-state index in [1.807, 2.05) is 0 Å². The molecule has 0 saturated carbocycles. The Balaban J connectivity index is 2.65. The summed E-state index contributed by atoms with van der Waals surface area (Å²) in [7, 11) is 0. The van der Waals surface area contributed by atoms with Crippen LogP contribution in [0.2, 0.25) is 0 Å². The van der Waals surface area contributed by atoms with E-state index in [1.54, 1.807) is 13.0 Å². The predicted octanol–water partition coefficient (Wildman–Crippen LogP) is 2.61. The van der Waals surface area contributed by atoms with Gasteiger partial charge in [0, 0.05) is 13.0 Å². The van der Waals surface area contributed by atoms with Crippen LogP contribution in [0.4, 0.5) is 13.2 Å². The molecule has 2 atom stereocenters. The van der Waals surface area contributed by atoms with E-state index in [4.69, 9.17) is 5.11 Å². The third-order valence-corrected chi connectivity index (χ3v) is 2.87. The number of aliphatic hydroxyl groups is 1. The van der Waals surface area contributed by atoms with Crippen molar-refractivity contribution in [3.05, 3.63) is 35.9 Å². The average Bonchev–Trinajstić information content (AvgIpc) is 2.35. The lowest BCUT2D eigenvalue weighted by molar-refractivity contribution is -0.157. The van der Waals surface area contributed by atoms with Crippen molar-refractivity contribution in [3.8, 4) is 0 Å². The Morgan fingerprint density at radius 3 is 2.40 bits per heavy atom. The number of hydrogen-bond acceptors (Lipinski definition) is 2. The maximum Gasteiger partial charge on any atom is 0.396 e. The van der Waals surface area contributed by atoms with Gasteiger partial charge in [-0.25, -0.2) is 0 Å². The van der Waals surface area contributed by atoms with Gasteiger partial charge in [0.1, 0.15) is 0 Å². The summed E-state index contributed by atoms with van der Waals surface area (Å²) >= 11 is 0. The van der Waals surface area contributed by atoms with E-state index in [0.717, 1.165) is 0 Å². The molecule has 0 spiro atoms. The van der Waals surface area contributed by atoms with Crippen molar-refractivity contribution in [2.45, 2.75) is 38.0 Å². The number of aliphatic hydroxyl groups excluding tert-OH is 1. The standard InChI is InChI=1S/C14H18F3NO2/c1-10(19)7-8-18-13(20)9-12(14(15,16)17)11-5-3-2-4-6-11/h2-6,10,12,19H,7-9H2,1H3,(H,18,20). The molecule has 0 bridgehead atoms. The van der Waals surface area contributed by atoms with E-state index in [0.29, 0.717) is 6.42 Å². The lowest BCUT2D eigenvalue weighted by atomic mass is 9.95. The van der Waals surface area contributed by atoms with Crippen LogP contribution in [-0.4, -0.2) is 29.8 Å². The van der Waals surface area contributed by atoms with Crippen LogP contribution in [0.3, 0.4) is 0 Å². The molecule has 0 fully saturated rings. The van der Waals surface area contributed by atoms with Crippen molar-refractivity contribution >= 4 is 5.91 Å². The molecule has 20 heavy (non-hydrogen) atoms. The summed E-state index contributed by atoms with van der Waals surface area (Å²) in [4.78, 5) is 11.6. The van der Waals surface area contributed by atoms with Gasteiger partial charge in [0.05, 0.1) is 12.0 Å². The summed E-state index contributed by atoms with van der Waals surface area (Å²) in [6.45, 7) is 1.71. The van der Waals surface area contributed by atoms with Crippen molar-refractivity contribution in [2.24, 2.45) is 0 Å². The molecule has 1 amide bonds. The van der Waals surface area contributed by atoms with Gasteiger partial charge in [-0.2, -0.15) is 13.2 Å². The summed E-state index contributed by atoms with van der Waals surface area (Å²) in [6.07, 6.45) is -5.40. The van der Waals surface area contributed by atoms with E-state index in [2.05, 4.69) is 5.32 Å². The maximum atomic E-state index is 13.0. The lowest BCUT2D eigenvalue weighted by Crippen LogP contribution is -2.31. The molecule has 0 saturated heterocycles. The van der Waals surface area contributed by atoms with Crippen LogP contribution >= 0.6 is 0 Å². The topological polar surface area (TPSA) is 49.3 Å². The highest BCUT2D eigenvalue weighted by atomic mass is 19.4. The number of benzene rings is 1. The fourth-order valence-corrected chi connectivity index (χ4v) is 1.79. The predicted molar refractivity (Wildman–Crippen MR) is 69.2 cm³/mol. The molecule has 0 heterocycles. The number of alkyl halides is 3. The first-order valence-electron chi connectivity index (χ1n) is 6.37. The molecule has 0 aliphatic heterocycles. The second-order valence-corrected chi connectivity index (χ2v) is 4.70. The monoisotopic (exact) mass is 289 g/mol. The van der Waals surface area contributed by atoms with Crippen molar-refractivity contribution in [1.82, 2.24) is 5.32 Å². The van der Waals surface area contributed by atoms with E-state index in [1.165, 1.54) is 24.3 Å². The van der Waals surface area contributed by atoms with Crippen LogP contribution in [0.25, 0.3) is 0 Å². The van der Waals surface area contributed by atoms with Gasteiger partial charge in [-0.15, -0.1) is 0 Å². The van der Waals surface area contributed by atoms with Crippen molar-refractivity contribution in [2.75, 3.05) is 6.54 Å². The first-order valence-corrected chi connectivity index (χ1v) is 6.37. The van der Waals surface area contributed by atoms with E-state index in [9.17, 15) is 18.0 Å². The molecule has 6 heteroatoms. The molecule has 1 aromatic rings. The molecule has 1 rings (SSSR count). The molecule has 0 aliphatic carbocycles. The number of carbonyl (C=O) groups is 1. The quantitative estimate of drug-likeness (QED) is 0.845. The summed E-state index contributed by atoms with van der Waals surface area (Å²) in [5, 5.41) is 11.4. The summed E-state index contributed by atoms with van der Waals surface area (Å²) in [5.41, 5.74) is 0.0747. The second kappa shape index (κ2) is 7.28. The highest BCUT2D eigenvalue weighted by molar-refractivity contribution is 5.77. The molecule has 0 radical (unpaired) electrons. The smallest absolute Gasteiger partial charge is 0.393 e. The van der Waals surface area contributed by atoms with Crippen LogP contribution in [0.15, 0.2) is 30.3 Å². The third kappa shape index (κ3) is 5.61. The minimum absolute atomic E-state index is 0.0747. The Morgan fingerprint density at radius 1 is 1.30 bits per heavy atom. The van der Waals surface area contributed by atoms with Gasteiger partial charge >= 0.3 is 6.18 Å². The number of nitrogens with one attached hydrogen (secondary N) is 1. The number of hydrogen-bond donors (Lipinski definition) is 2. The molecule has 0 aromatic heterocycles. The van der Waals surface area contributed by atoms with Gasteiger partial charge in [-0.05, 0) is 18.9 Å². The second-order valence-electron chi connectivity index (χ2n) is 4.70. The van der Waals surface area contributed by atoms with Gasteiger partial charge in [0.2, 0.25) is 5.91 Å². The summed E-state index contributed by atoms with van der Waals surface area (Å²) in [5.74, 6) is -2.48. The molecule has 2 unspecified atom stereocenters. The van der Waals surface area contributed by atoms with E-state index >= 15 is 0 Å². The van der Waals surface area contributed by atoms with Gasteiger partial charge < -0.3 is 10.4 Å². The van der Waals surface area contributed by atoms with Crippen molar-refractivity contribution < 1.29 is 23.1 Å². The van der Waals surface area contributed by atoms with Crippen LogP contribution in [0.1, 0.15) is 31.2 Å². The van der Waals surface area contributed by atoms with Crippen molar-refractivity contribution in [3.63, 3.8) is 0 Å². The Kier molecular flexibility index (Phi) is 6.01. The zero-order valence-corrected chi connectivity index (χ0v) is 11.2. The average molecular weight is 289 g/mol. The highest BCUT2D eigenvalue weighted by Gasteiger charge is 2.41. The third-order valence-electron chi connectivity index (χ3n) is 2.87. The Hall–Kier alpha value is -1.56. The summed E-state index contributed by atoms with van der Waals surface area (Å²) in [6, 6.07) is 7.38. The largest absolute Gasteiger partial charge is 0.396 e. The number of halogens is 3. The SMILES string of the molecule is CC(O)CCNC(=O)CC(c1ccccc1)C(F)(F)F. The Morgan fingerprint density at radius 2 is 1.90 bits per heavy atom. The number of carbonyl (C=O) groups excluding carboxylic acids is 1. The van der Waals surface area contributed by atoms with Gasteiger partial charge in [-0.3, -0.25) is 4.79 Å². The first-order chi connectivity index (χ1) is 9.30. The fraction of sp³-hybridized carbons (Fsp3) is 0.500. The minimum Gasteiger partial charge on any atom is -0.393 e. The molecule has 3 nitrogen and oxygen atoms in total. The zero-order chi connectivity index (χ0) is 15.2. The maximum absolute atomic E-state index is 13.0. The van der Waals surface area contributed by atoms with Crippen LogP contribution in [0.5, 0.6) is 0 Å². The lowest BCUT2D eigenvalue weighted by Gasteiger charge is -2.20. The number of rotatable bonds is 6. The molecule has 1 aromatic carbocycles. The molecular formula is C14H18F3NO2. The van der Waals surface area contributed by atoms with E-state index in [-0.39, 0.29) is 12.1 Å². The minimum atomic E-state index is -4.47. The Bertz CT molecular complexity index is 418. The van der Waals surface area contributed by atoms with Gasteiger partial charge in [0.15, 0.2) is 0 Å². The van der Waals surface area contributed by atoms with Gasteiger partial charge in [-0.1, -0.05) is 30.3 Å². The van der Waals surface area contributed by atoms with E-state index < -0.39 is 30.5 Å². The molecule has 2 N–H and O–H groups in total. The highest BCUT2D eigenvalue weighted by Crippen LogP contribution is 2.37. The molecule has 112 valence electrons. The van der Waals surface area contributed by atoms with Gasteiger partial charge in [0.25, 0.3) is 0 Å². The molecular weight excluding hydrogens is 271 g/mol. The van der Waals surface area contributed by atoms with Crippen molar-refractivity contribution in [1.29, 1.82) is 0 Å². The number of amides is 1. The molecule has 0 aliphatic rings. The summed E-state index contributed by atoms with van der Waals surface area (Å²) < 4.78 is 39.0. The first kappa shape index (κ1) is 16.5. The normalized spacial score (nSPS) is 14.7. The van der Waals surface area contributed by atoms with Crippen LogP contribution in [0, 0.1) is 0 Å². The van der Waals surface area contributed by atoms with Crippen LogP contribution < -0.4 is 5.32 Å². The fourth-order valence-electron chi connectivity index (χ4n) is 1.79. The Labute approximate surface area is 115 Å². The zero-order valence-electron chi connectivity index (χ0n) is 11.2. The van der Waals surface area contributed by atoms with Crippen LogP contribution in [-0.2, 0) is 4.79 Å².